The summed E-state index contributed by atoms with van der Waals surface area (Å²) in [6.45, 7) is 1.15. The van der Waals surface area contributed by atoms with Crippen molar-refractivity contribution in [1.29, 1.82) is 0 Å². The Labute approximate surface area is 182 Å². The number of aromatic nitrogens is 1. The minimum atomic E-state index is -0.0270. The van der Waals surface area contributed by atoms with Crippen LogP contribution in [0.15, 0.2) is 79.0 Å². The summed E-state index contributed by atoms with van der Waals surface area (Å²) in [4.78, 5) is 15.1. The molecule has 4 rings (SSSR count). The van der Waals surface area contributed by atoms with Gasteiger partial charge >= 0.3 is 0 Å². The number of rotatable bonds is 7. The van der Waals surface area contributed by atoms with Crippen LogP contribution in [0, 0.1) is 0 Å². The van der Waals surface area contributed by atoms with Gasteiger partial charge in [0.1, 0.15) is 11.5 Å². The summed E-state index contributed by atoms with van der Waals surface area (Å²) in [7, 11) is 5.06. The standard InChI is InChI=1S/C26H26N2O3/c1-27(17-20-13-14-21(30-2)15-25(20)31-3)26(29)23-18-28(16-19-9-5-4-6-10-19)24-12-8-7-11-22(23)24/h4-15,18H,16-17H2,1-3H3. The Kier molecular flexibility index (Phi) is 5.94. The van der Waals surface area contributed by atoms with Gasteiger partial charge in [-0.15, -0.1) is 0 Å². The fraction of sp³-hybridized carbons (Fsp3) is 0.192. The number of fused-ring (bicyclic) bond motifs is 1. The van der Waals surface area contributed by atoms with E-state index < -0.39 is 0 Å². The summed E-state index contributed by atoms with van der Waals surface area (Å²) in [5, 5.41) is 0.956. The maximum Gasteiger partial charge on any atom is 0.256 e. The lowest BCUT2D eigenvalue weighted by molar-refractivity contribution is 0.0786. The molecule has 0 fully saturated rings. The van der Waals surface area contributed by atoms with E-state index in [1.807, 2.05) is 67.8 Å². The number of para-hydroxylation sites is 1. The number of ether oxygens (including phenoxy) is 2. The quantitative estimate of drug-likeness (QED) is 0.428. The Bertz CT molecular complexity index is 1200. The Morgan fingerprint density at radius 2 is 1.68 bits per heavy atom. The third kappa shape index (κ3) is 4.26. The highest BCUT2D eigenvalue weighted by Gasteiger charge is 2.20. The van der Waals surface area contributed by atoms with Crippen molar-refractivity contribution in [2.75, 3.05) is 21.3 Å². The highest BCUT2D eigenvalue weighted by atomic mass is 16.5. The smallest absolute Gasteiger partial charge is 0.256 e. The van der Waals surface area contributed by atoms with Crippen molar-refractivity contribution < 1.29 is 14.3 Å². The lowest BCUT2D eigenvalue weighted by atomic mass is 10.1. The molecule has 0 aliphatic rings. The van der Waals surface area contributed by atoms with Gasteiger partial charge in [-0.2, -0.15) is 0 Å². The summed E-state index contributed by atoms with van der Waals surface area (Å²) in [6, 6.07) is 23.9. The number of amides is 1. The van der Waals surface area contributed by atoms with Gasteiger partial charge in [0.05, 0.1) is 19.8 Å². The Hall–Kier alpha value is -3.73. The summed E-state index contributed by atoms with van der Waals surface area (Å²) >= 11 is 0. The first-order valence-electron chi connectivity index (χ1n) is 10.2. The third-order valence-corrected chi connectivity index (χ3v) is 5.46. The molecule has 5 nitrogen and oxygen atoms in total. The van der Waals surface area contributed by atoms with Crippen LogP contribution in [0.25, 0.3) is 10.9 Å². The third-order valence-electron chi connectivity index (χ3n) is 5.46. The zero-order chi connectivity index (χ0) is 21.8. The average molecular weight is 415 g/mol. The predicted molar refractivity (Wildman–Crippen MR) is 123 cm³/mol. The molecule has 0 N–H and O–H groups in total. The first-order chi connectivity index (χ1) is 15.1. The van der Waals surface area contributed by atoms with Gasteiger partial charge in [0.2, 0.25) is 0 Å². The van der Waals surface area contributed by atoms with Crippen LogP contribution in [-0.4, -0.2) is 36.6 Å². The van der Waals surface area contributed by atoms with Crippen molar-refractivity contribution in [1.82, 2.24) is 9.47 Å². The molecular formula is C26H26N2O3. The van der Waals surface area contributed by atoms with Crippen molar-refractivity contribution in [3.8, 4) is 11.5 Å². The van der Waals surface area contributed by atoms with E-state index >= 15 is 0 Å². The summed E-state index contributed by atoms with van der Waals surface area (Å²) in [5.74, 6) is 1.39. The van der Waals surface area contributed by atoms with E-state index in [9.17, 15) is 4.79 Å². The van der Waals surface area contributed by atoms with Gasteiger partial charge in [-0.3, -0.25) is 4.79 Å². The van der Waals surface area contributed by atoms with Crippen molar-refractivity contribution >= 4 is 16.8 Å². The average Bonchev–Trinajstić information content (AvgIpc) is 3.17. The topological polar surface area (TPSA) is 43.7 Å². The van der Waals surface area contributed by atoms with Crippen molar-refractivity contribution in [2.24, 2.45) is 0 Å². The molecule has 1 aromatic heterocycles. The molecule has 0 atom stereocenters. The molecule has 0 radical (unpaired) electrons. The van der Waals surface area contributed by atoms with Gasteiger partial charge in [-0.25, -0.2) is 0 Å². The lowest BCUT2D eigenvalue weighted by Crippen LogP contribution is -2.26. The molecule has 0 bridgehead atoms. The van der Waals surface area contributed by atoms with Gasteiger partial charge < -0.3 is 18.9 Å². The highest BCUT2D eigenvalue weighted by molar-refractivity contribution is 6.06. The molecule has 1 heterocycles. The van der Waals surface area contributed by atoms with Crippen molar-refractivity contribution in [3.05, 3.63) is 95.7 Å². The summed E-state index contributed by atoms with van der Waals surface area (Å²) < 4.78 is 12.9. The number of hydrogen-bond acceptors (Lipinski definition) is 3. The molecule has 4 aromatic rings. The molecular weight excluding hydrogens is 388 g/mol. The molecule has 0 aliphatic carbocycles. The van der Waals surface area contributed by atoms with E-state index in [2.05, 4.69) is 22.8 Å². The van der Waals surface area contributed by atoms with E-state index in [4.69, 9.17) is 9.47 Å². The number of hydrogen-bond donors (Lipinski definition) is 0. The summed E-state index contributed by atoms with van der Waals surface area (Å²) in [6.07, 6.45) is 1.96. The zero-order valence-corrected chi connectivity index (χ0v) is 18.0. The number of methoxy groups -OCH3 is 2. The Morgan fingerprint density at radius 3 is 2.42 bits per heavy atom. The maximum atomic E-state index is 13.4. The van der Waals surface area contributed by atoms with Gasteiger partial charge in [0.25, 0.3) is 5.91 Å². The lowest BCUT2D eigenvalue weighted by Gasteiger charge is -2.19. The molecule has 158 valence electrons. The molecule has 5 heteroatoms. The summed E-state index contributed by atoms with van der Waals surface area (Å²) in [5.41, 5.74) is 3.86. The van der Waals surface area contributed by atoms with E-state index in [1.165, 1.54) is 5.56 Å². The number of nitrogens with zero attached hydrogens (tertiary/aromatic N) is 2. The zero-order valence-electron chi connectivity index (χ0n) is 18.0. The molecule has 0 saturated heterocycles. The molecule has 3 aromatic carbocycles. The van der Waals surface area contributed by atoms with Crippen LogP contribution in [0.5, 0.6) is 11.5 Å². The van der Waals surface area contributed by atoms with Gasteiger partial charge in [-0.1, -0.05) is 48.5 Å². The Balaban J connectivity index is 1.63. The minimum absolute atomic E-state index is 0.0270. The van der Waals surface area contributed by atoms with Crippen molar-refractivity contribution in [3.63, 3.8) is 0 Å². The van der Waals surface area contributed by atoms with Crippen molar-refractivity contribution in [2.45, 2.75) is 13.1 Å². The molecule has 0 saturated carbocycles. The molecule has 0 aliphatic heterocycles. The van der Waals surface area contributed by atoms with E-state index in [1.54, 1.807) is 19.1 Å². The SMILES string of the molecule is COc1ccc(CN(C)C(=O)c2cn(Cc3ccccc3)c3ccccc23)c(OC)c1. The molecule has 31 heavy (non-hydrogen) atoms. The Morgan fingerprint density at radius 1 is 0.935 bits per heavy atom. The second kappa shape index (κ2) is 8.96. The normalized spacial score (nSPS) is 10.8. The van der Waals surface area contributed by atoms with Gasteiger partial charge in [0, 0.05) is 48.9 Å². The minimum Gasteiger partial charge on any atom is -0.497 e. The van der Waals surface area contributed by atoms with E-state index in [0.717, 1.165) is 22.2 Å². The van der Waals surface area contributed by atoms with Crippen LogP contribution in [0.1, 0.15) is 21.5 Å². The monoisotopic (exact) mass is 414 g/mol. The van der Waals surface area contributed by atoms with E-state index in [0.29, 0.717) is 24.4 Å². The molecule has 0 spiro atoms. The first-order valence-corrected chi connectivity index (χ1v) is 10.2. The van der Waals surface area contributed by atoms with E-state index in [-0.39, 0.29) is 5.91 Å². The van der Waals surface area contributed by atoms with Crippen LogP contribution < -0.4 is 9.47 Å². The second-order valence-corrected chi connectivity index (χ2v) is 7.51. The molecule has 1 amide bonds. The first kappa shape index (κ1) is 20.5. The fourth-order valence-corrected chi connectivity index (χ4v) is 3.84. The van der Waals surface area contributed by atoms with Crippen LogP contribution in [0.3, 0.4) is 0 Å². The van der Waals surface area contributed by atoms with Crippen LogP contribution in [0.2, 0.25) is 0 Å². The number of carbonyl (C=O) groups is 1. The van der Waals surface area contributed by atoms with Gasteiger partial charge in [-0.05, 0) is 23.8 Å². The van der Waals surface area contributed by atoms with Crippen LogP contribution >= 0.6 is 0 Å². The van der Waals surface area contributed by atoms with Crippen LogP contribution in [-0.2, 0) is 13.1 Å². The maximum absolute atomic E-state index is 13.4. The van der Waals surface area contributed by atoms with Crippen LogP contribution in [0.4, 0.5) is 0 Å². The van der Waals surface area contributed by atoms with Gasteiger partial charge in [0.15, 0.2) is 0 Å². The number of carbonyl (C=O) groups excluding carboxylic acids is 1. The fourth-order valence-electron chi connectivity index (χ4n) is 3.84. The predicted octanol–water partition coefficient (Wildman–Crippen LogP) is 4.98. The number of benzene rings is 3. The second-order valence-electron chi connectivity index (χ2n) is 7.51. The highest BCUT2D eigenvalue weighted by Crippen LogP contribution is 2.27. The molecule has 0 unspecified atom stereocenters. The largest absolute Gasteiger partial charge is 0.497 e.